The van der Waals surface area contributed by atoms with Crippen LogP contribution in [0.2, 0.25) is 5.02 Å². The number of aromatic nitrogens is 2. The number of carbonyl (C=O) groups excluding carboxylic acids is 1. The van der Waals surface area contributed by atoms with Crippen LogP contribution in [0.3, 0.4) is 0 Å². The molecule has 6 rings (SSSR count). The minimum Gasteiger partial charge on any atom is -0.477 e. The second kappa shape index (κ2) is 13.0. The monoisotopic (exact) mass is 606 g/mol. The van der Waals surface area contributed by atoms with Gasteiger partial charge in [-0.2, -0.15) is 0 Å². The van der Waals surface area contributed by atoms with E-state index in [1.54, 1.807) is 12.4 Å². The Morgan fingerprint density at radius 3 is 2.43 bits per heavy atom. The van der Waals surface area contributed by atoms with E-state index in [9.17, 15) is 14.7 Å². The average Bonchev–Trinajstić information content (AvgIpc) is 3.54. The molecular weight excluding hydrogens is 572 g/mol. The van der Waals surface area contributed by atoms with Crippen molar-refractivity contribution in [1.82, 2.24) is 19.8 Å². The summed E-state index contributed by atoms with van der Waals surface area (Å²) < 4.78 is 8.59. The number of morpholine rings is 1. The third-order valence-corrected chi connectivity index (χ3v) is 9.88. The van der Waals surface area contributed by atoms with Crippen molar-refractivity contribution < 1.29 is 19.4 Å². The van der Waals surface area contributed by atoms with Gasteiger partial charge in [-0.3, -0.25) is 9.78 Å². The van der Waals surface area contributed by atoms with Crippen molar-refractivity contribution in [2.24, 2.45) is 0 Å². The summed E-state index contributed by atoms with van der Waals surface area (Å²) in [6, 6.07) is 11.7. The first-order chi connectivity index (χ1) is 20.5. The van der Waals surface area contributed by atoms with Crippen LogP contribution in [0.5, 0.6) is 0 Å². The van der Waals surface area contributed by atoms with Gasteiger partial charge >= 0.3 is 5.97 Å². The third kappa shape index (κ3) is 5.97. The van der Waals surface area contributed by atoms with Crippen LogP contribution < -0.4 is 5.32 Å². The molecule has 0 unspecified atom stereocenters. The maximum atomic E-state index is 13.8. The number of rotatable bonds is 9. The first kappa shape index (κ1) is 28.9. The Balaban J connectivity index is 1.52. The van der Waals surface area contributed by atoms with Crippen LogP contribution in [0, 0.1) is 0 Å². The quantitative estimate of drug-likeness (QED) is 0.232. The molecule has 10 heteroatoms. The summed E-state index contributed by atoms with van der Waals surface area (Å²) in [5.74, 6) is -0.630. The Labute approximate surface area is 254 Å². The number of ether oxygens (including phenoxy) is 1. The molecule has 0 bridgehead atoms. The van der Waals surface area contributed by atoms with Crippen LogP contribution in [0.25, 0.3) is 21.5 Å². The van der Waals surface area contributed by atoms with Gasteiger partial charge in [-0.15, -0.1) is 11.3 Å². The average molecular weight is 607 g/mol. The normalized spacial score (nSPS) is 16.3. The molecule has 0 radical (unpaired) electrons. The van der Waals surface area contributed by atoms with E-state index in [0.29, 0.717) is 55.2 Å². The lowest BCUT2D eigenvalue weighted by atomic mass is 9.83. The molecule has 220 valence electrons. The molecule has 1 amide bonds. The lowest BCUT2D eigenvalue weighted by Crippen LogP contribution is -2.42. The first-order valence-electron chi connectivity index (χ1n) is 14.6. The van der Waals surface area contributed by atoms with Crippen molar-refractivity contribution in [3.05, 3.63) is 75.4 Å². The Bertz CT molecular complexity index is 1560. The van der Waals surface area contributed by atoms with Crippen molar-refractivity contribution in [2.75, 3.05) is 26.3 Å². The van der Waals surface area contributed by atoms with Gasteiger partial charge in [0.05, 0.1) is 29.1 Å². The van der Waals surface area contributed by atoms with E-state index in [0.717, 1.165) is 58.3 Å². The van der Waals surface area contributed by atoms with Crippen LogP contribution in [-0.2, 0) is 29.2 Å². The van der Waals surface area contributed by atoms with Crippen molar-refractivity contribution in [2.45, 2.75) is 57.7 Å². The predicted octanol–water partition coefficient (Wildman–Crippen LogP) is 6.31. The van der Waals surface area contributed by atoms with Gasteiger partial charge < -0.3 is 24.6 Å². The number of hydrogen-bond donors (Lipinski definition) is 2. The summed E-state index contributed by atoms with van der Waals surface area (Å²) in [4.78, 5) is 32.7. The Hall–Kier alpha value is -3.24. The zero-order valence-electron chi connectivity index (χ0n) is 23.5. The summed E-state index contributed by atoms with van der Waals surface area (Å²) in [6.45, 7) is 3.23. The number of aromatic carboxylic acids is 1. The van der Waals surface area contributed by atoms with Crippen molar-refractivity contribution in [3.8, 4) is 11.3 Å². The Morgan fingerprint density at radius 2 is 1.74 bits per heavy atom. The van der Waals surface area contributed by atoms with Gasteiger partial charge in [0.1, 0.15) is 11.4 Å². The van der Waals surface area contributed by atoms with E-state index >= 15 is 0 Å². The number of nitrogens with zero attached hydrogens (tertiary/aromatic N) is 3. The van der Waals surface area contributed by atoms with Crippen LogP contribution in [0.15, 0.2) is 48.8 Å². The molecule has 8 nitrogen and oxygen atoms in total. The summed E-state index contributed by atoms with van der Waals surface area (Å²) in [6.07, 6.45) is 9.09. The SMILES string of the molecule is O=C(O)c1sc2c(C3CCCCC3)c(-c3ccc(Cl)cc3)n(CC(=O)N3CCOCC3)c2c1CNCc1ccncc1. The number of nitrogens with one attached hydrogen (secondary N) is 1. The fourth-order valence-corrected chi connectivity index (χ4v) is 7.77. The van der Waals surface area contributed by atoms with Crippen LogP contribution in [-0.4, -0.2) is 57.7 Å². The van der Waals surface area contributed by atoms with Gasteiger partial charge in [0, 0.05) is 49.2 Å². The molecule has 4 heterocycles. The molecule has 0 spiro atoms. The highest BCUT2D eigenvalue weighted by Crippen LogP contribution is 2.48. The molecule has 0 atom stereocenters. The van der Waals surface area contributed by atoms with E-state index in [1.807, 2.05) is 41.3 Å². The van der Waals surface area contributed by atoms with E-state index in [2.05, 4.69) is 14.9 Å². The summed E-state index contributed by atoms with van der Waals surface area (Å²) in [5, 5.41) is 14.5. The number of thiophene rings is 1. The second-order valence-electron chi connectivity index (χ2n) is 11.0. The lowest BCUT2D eigenvalue weighted by Gasteiger charge is -2.28. The number of amides is 1. The molecule has 2 aliphatic rings. The highest BCUT2D eigenvalue weighted by Gasteiger charge is 2.33. The summed E-state index contributed by atoms with van der Waals surface area (Å²) in [7, 11) is 0. The lowest BCUT2D eigenvalue weighted by molar-refractivity contribution is -0.135. The van der Waals surface area contributed by atoms with Gasteiger partial charge in [-0.25, -0.2) is 4.79 Å². The van der Waals surface area contributed by atoms with Gasteiger partial charge in [0.15, 0.2) is 0 Å². The zero-order valence-corrected chi connectivity index (χ0v) is 25.1. The molecule has 3 aromatic heterocycles. The molecular formula is C32H35ClN4O4S. The molecule has 4 aromatic rings. The van der Waals surface area contributed by atoms with Crippen molar-refractivity contribution in [3.63, 3.8) is 0 Å². The third-order valence-electron chi connectivity index (χ3n) is 8.38. The Kier molecular flexibility index (Phi) is 8.90. The molecule has 1 aliphatic heterocycles. The number of carboxylic acids is 1. The smallest absolute Gasteiger partial charge is 0.346 e. The molecule has 42 heavy (non-hydrogen) atoms. The van der Waals surface area contributed by atoms with E-state index in [1.165, 1.54) is 23.3 Å². The number of carbonyl (C=O) groups is 2. The molecule has 1 aromatic carbocycles. The topological polar surface area (TPSA) is 96.7 Å². The molecule has 1 aliphatic carbocycles. The molecule has 2 fully saturated rings. The number of hydrogen-bond acceptors (Lipinski definition) is 6. The summed E-state index contributed by atoms with van der Waals surface area (Å²) >= 11 is 7.66. The Morgan fingerprint density at radius 1 is 1.02 bits per heavy atom. The maximum absolute atomic E-state index is 13.8. The minimum atomic E-state index is -0.939. The zero-order chi connectivity index (χ0) is 29.1. The number of halogens is 1. The summed E-state index contributed by atoms with van der Waals surface area (Å²) in [5.41, 5.74) is 5.82. The van der Waals surface area contributed by atoms with Crippen molar-refractivity contribution in [1.29, 1.82) is 0 Å². The van der Waals surface area contributed by atoms with E-state index < -0.39 is 5.97 Å². The number of pyridine rings is 1. The second-order valence-corrected chi connectivity index (χ2v) is 12.5. The highest BCUT2D eigenvalue weighted by atomic mass is 35.5. The van der Waals surface area contributed by atoms with Gasteiger partial charge in [-0.05, 0) is 59.7 Å². The van der Waals surface area contributed by atoms with Gasteiger partial charge in [0.2, 0.25) is 5.91 Å². The van der Waals surface area contributed by atoms with Gasteiger partial charge in [0.25, 0.3) is 0 Å². The van der Waals surface area contributed by atoms with Crippen LogP contribution in [0.4, 0.5) is 0 Å². The van der Waals surface area contributed by atoms with Gasteiger partial charge in [-0.1, -0.05) is 43.0 Å². The number of benzene rings is 1. The van der Waals surface area contributed by atoms with Crippen LogP contribution in [0.1, 0.15) is 64.4 Å². The fraction of sp³-hybridized carbons (Fsp3) is 0.406. The minimum absolute atomic E-state index is 0.0133. The standard InChI is InChI=1S/C32H35ClN4O4S/c33-24-8-6-23(7-9-24)28-27(22-4-2-1-3-5-22)31-29(37(28)20-26(38)36-14-16-41-17-15-36)25(30(42-31)32(39)40)19-35-18-21-10-12-34-13-11-21/h6-13,22,35H,1-5,14-20H2,(H,39,40). The molecule has 1 saturated heterocycles. The largest absolute Gasteiger partial charge is 0.477 e. The van der Waals surface area contributed by atoms with E-state index in [-0.39, 0.29) is 12.5 Å². The molecule has 1 saturated carbocycles. The molecule has 2 N–H and O–H groups in total. The van der Waals surface area contributed by atoms with Crippen molar-refractivity contribution >= 4 is 45.0 Å². The maximum Gasteiger partial charge on any atom is 0.346 e. The highest BCUT2D eigenvalue weighted by molar-refractivity contribution is 7.21. The fourth-order valence-electron chi connectivity index (χ4n) is 6.35. The van der Waals surface area contributed by atoms with Crippen LogP contribution >= 0.6 is 22.9 Å². The van der Waals surface area contributed by atoms with E-state index in [4.69, 9.17) is 16.3 Å². The predicted molar refractivity (Wildman–Crippen MR) is 165 cm³/mol. The number of carboxylic acid groups (broad SMARTS) is 1. The number of fused-ring (bicyclic) bond motifs is 1. The first-order valence-corrected chi connectivity index (χ1v) is 15.8.